The van der Waals surface area contributed by atoms with E-state index in [-0.39, 0.29) is 0 Å². The predicted octanol–water partition coefficient (Wildman–Crippen LogP) is 1.38. The molecule has 86 valence electrons. The summed E-state index contributed by atoms with van der Waals surface area (Å²) in [5, 5.41) is 0. The third kappa shape index (κ3) is 3.27. The fraction of sp³-hybridized carbons (Fsp3) is 0.273. The van der Waals surface area contributed by atoms with Crippen LogP contribution in [0.1, 0.15) is 23.1 Å². The van der Waals surface area contributed by atoms with E-state index in [0.717, 1.165) is 0 Å². The van der Waals surface area contributed by atoms with E-state index in [1.807, 2.05) is 0 Å². The van der Waals surface area contributed by atoms with E-state index in [1.165, 1.54) is 19.3 Å². The quantitative estimate of drug-likeness (QED) is 0.618. The van der Waals surface area contributed by atoms with Crippen molar-refractivity contribution in [3.63, 3.8) is 0 Å². The molecule has 0 aliphatic rings. The monoisotopic (exact) mass is 223 g/mol. The Morgan fingerprint density at radius 1 is 1.44 bits per heavy atom. The molecule has 1 heterocycles. The Hall–Kier alpha value is -2.04. The highest BCUT2D eigenvalue weighted by atomic mass is 16.5. The SMILES string of the molecule is CCOC(=O)C=Cc1ccc(C(=O)OC)[nH]1. The highest BCUT2D eigenvalue weighted by Gasteiger charge is 2.06. The minimum Gasteiger partial charge on any atom is -0.464 e. The van der Waals surface area contributed by atoms with Crippen molar-refractivity contribution in [2.45, 2.75) is 6.92 Å². The Bertz CT molecular complexity index is 406. The molecule has 0 fully saturated rings. The molecule has 0 amide bonds. The smallest absolute Gasteiger partial charge is 0.354 e. The van der Waals surface area contributed by atoms with Crippen LogP contribution in [-0.2, 0) is 14.3 Å². The van der Waals surface area contributed by atoms with Crippen molar-refractivity contribution in [2.75, 3.05) is 13.7 Å². The lowest BCUT2D eigenvalue weighted by molar-refractivity contribution is -0.137. The van der Waals surface area contributed by atoms with Crippen LogP contribution in [0.5, 0.6) is 0 Å². The molecule has 5 heteroatoms. The Morgan fingerprint density at radius 3 is 2.81 bits per heavy atom. The zero-order valence-corrected chi connectivity index (χ0v) is 9.15. The summed E-state index contributed by atoms with van der Waals surface area (Å²) >= 11 is 0. The molecule has 1 aromatic rings. The van der Waals surface area contributed by atoms with E-state index in [4.69, 9.17) is 4.74 Å². The maximum Gasteiger partial charge on any atom is 0.354 e. The average Bonchev–Trinajstić information content (AvgIpc) is 2.74. The number of hydrogen-bond acceptors (Lipinski definition) is 4. The first-order chi connectivity index (χ1) is 7.67. The number of carbonyl (C=O) groups excluding carboxylic acids is 2. The van der Waals surface area contributed by atoms with Crippen LogP contribution in [0.3, 0.4) is 0 Å². The normalized spacial score (nSPS) is 10.4. The van der Waals surface area contributed by atoms with Gasteiger partial charge in [-0.05, 0) is 25.1 Å². The Morgan fingerprint density at radius 2 is 2.19 bits per heavy atom. The van der Waals surface area contributed by atoms with Gasteiger partial charge in [0.15, 0.2) is 0 Å². The summed E-state index contributed by atoms with van der Waals surface area (Å²) in [5.74, 6) is -0.868. The number of esters is 2. The molecule has 0 unspecified atom stereocenters. The van der Waals surface area contributed by atoms with E-state index in [9.17, 15) is 9.59 Å². The van der Waals surface area contributed by atoms with Crippen molar-refractivity contribution in [2.24, 2.45) is 0 Å². The van der Waals surface area contributed by atoms with E-state index in [0.29, 0.717) is 18.0 Å². The summed E-state index contributed by atoms with van der Waals surface area (Å²) in [6, 6.07) is 3.25. The van der Waals surface area contributed by atoms with Gasteiger partial charge >= 0.3 is 11.9 Å². The van der Waals surface area contributed by atoms with Crippen LogP contribution >= 0.6 is 0 Å². The average molecular weight is 223 g/mol. The molecule has 1 rings (SSSR count). The van der Waals surface area contributed by atoms with Crippen LogP contribution in [0.2, 0.25) is 0 Å². The highest BCUT2D eigenvalue weighted by molar-refractivity contribution is 5.89. The van der Waals surface area contributed by atoms with Gasteiger partial charge in [-0.15, -0.1) is 0 Å². The molecule has 0 aromatic carbocycles. The summed E-state index contributed by atoms with van der Waals surface area (Å²) in [6.07, 6.45) is 2.82. The molecular formula is C11H13NO4. The standard InChI is InChI=1S/C11H13NO4/c1-3-16-10(13)7-5-8-4-6-9(12-8)11(14)15-2/h4-7,12H,3H2,1-2H3. The lowest BCUT2D eigenvalue weighted by Gasteiger charge is -1.94. The van der Waals surface area contributed by atoms with Gasteiger partial charge in [-0.3, -0.25) is 0 Å². The van der Waals surface area contributed by atoms with E-state index in [1.54, 1.807) is 19.1 Å². The first-order valence-corrected chi connectivity index (χ1v) is 4.79. The van der Waals surface area contributed by atoms with E-state index < -0.39 is 11.9 Å². The predicted molar refractivity (Wildman–Crippen MR) is 57.8 cm³/mol. The Kier molecular flexibility index (Phi) is 4.32. The van der Waals surface area contributed by atoms with Gasteiger partial charge in [-0.1, -0.05) is 0 Å². The van der Waals surface area contributed by atoms with E-state index in [2.05, 4.69) is 9.72 Å². The third-order valence-corrected chi connectivity index (χ3v) is 1.80. The molecule has 0 saturated carbocycles. The van der Waals surface area contributed by atoms with Gasteiger partial charge in [-0.25, -0.2) is 9.59 Å². The van der Waals surface area contributed by atoms with Crippen molar-refractivity contribution >= 4 is 18.0 Å². The summed E-state index contributed by atoms with van der Waals surface area (Å²) in [4.78, 5) is 24.9. The number of ether oxygens (including phenoxy) is 2. The van der Waals surface area contributed by atoms with Crippen molar-refractivity contribution in [3.8, 4) is 0 Å². The number of carbonyl (C=O) groups is 2. The Labute approximate surface area is 93.1 Å². The molecule has 5 nitrogen and oxygen atoms in total. The van der Waals surface area contributed by atoms with Crippen molar-refractivity contribution < 1.29 is 19.1 Å². The molecule has 0 bridgehead atoms. The van der Waals surface area contributed by atoms with Crippen molar-refractivity contribution in [1.82, 2.24) is 4.98 Å². The summed E-state index contributed by atoms with van der Waals surface area (Å²) in [6.45, 7) is 2.07. The molecule has 1 aromatic heterocycles. The molecule has 0 atom stereocenters. The van der Waals surface area contributed by atoms with E-state index >= 15 is 0 Å². The van der Waals surface area contributed by atoms with Gasteiger partial charge in [0.2, 0.25) is 0 Å². The number of rotatable bonds is 4. The lowest BCUT2D eigenvalue weighted by atomic mass is 10.4. The maximum atomic E-state index is 11.1. The second-order valence-corrected chi connectivity index (χ2v) is 2.90. The van der Waals surface area contributed by atoms with Gasteiger partial charge in [0.25, 0.3) is 0 Å². The number of nitrogens with one attached hydrogen (secondary N) is 1. The molecule has 0 aliphatic carbocycles. The molecule has 16 heavy (non-hydrogen) atoms. The topological polar surface area (TPSA) is 68.4 Å². The minimum absolute atomic E-state index is 0.335. The second kappa shape index (κ2) is 5.75. The van der Waals surface area contributed by atoms with Crippen LogP contribution in [0.25, 0.3) is 6.08 Å². The van der Waals surface area contributed by atoms with Gasteiger partial charge in [-0.2, -0.15) is 0 Å². The van der Waals surface area contributed by atoms with Crippen molar-refractivity contribution in [1.29, 1.82) is 0 Å². The summed E-state index contributed by atoms with van der Waals surface area (Å²) in [5.41, 5.74) is 0.972. The van der Waals surface area contributed by atoms with Crippen LogP contribution < -0.4 is 0 Å². The molecule has 1 N–H and O–H groups in total. The fourth-order valence-electron chi connectivity index (χ4n) is 1.09. The van der Waals surface area contributed by atoms with Gasteiger partial charge < -0.3 is 14.5 Å². The first kappa shape index (κ1) is 12.0. The highest BCUT2D eigenvalue weighted by Crippen LogP contribution is 2.05. The lowest BCUT2D eigenvalue weighted by Crippen LogP contribution is -2.01. The second-order valence-electron chi connectivity index (χ2n) is 2.90. The molecule has 0 aliphatic heterocycles. The summed E-state index contributed by atoms with van der Waals surface area (Å²) < 4.78 is 9.24. The number of H-pyrrole nitrogens is 1. The number of methoxy groups -OCH3 is 1. The Balaban J connectivity index is 2.65. The largest absolute Gasteiger partial charge is 0.464 e. The van der Waals surface area contributed by atoms with Gasteiger partial charge in [0.05, 0.1) is 13.7 Å². The van der Waals surface area contributed by atoms with Gasteiger partial charge in [0, 0.05) is 11.8 Å². The van der Waals surface area contributed by atoms with Crippen LogP contribution in [0, 0.1) is 0 Å². The molecule has 0 spiro atoms. The number of aromatic amines is 1. The van der Waals surface area contributed by atoms with Gasteiger partial charge in [0.1, 0.15) is 5.69 Å². The maximum absolute atomic E-state index is 11.1. The third-order valence-electron chi connectivity index (χ3n) is 1.80. The zero-order valence-electron chi connectivity index (χ0n) is 9.15. The number of hydrogen-bond donors (Lipinski definition) is 1. The zero-order chi connectivity index (χ0) is 12.0. The molecular weight excluding hydrogens is 210 g/mol. The van der Waals surface area contributed by atoms with Crippen molar-refractivity contribution in [3.05, 3.63) is 29.6 Å². The molecule has 0 saturated heterocycles. The minimum atomic E-state index is -0.448. The number of aromatic nitrogens is 1. The van der Waals surface area contributed by atoms with Crippen LogP contribution in [0.4, 0.5) is 0 Å². The van der Waals surface area contributed by atoms with Crippen LogP contribution in [-0.4, -0.2) is 30.6 Å². The molecule has 0 radical (unpaired) electrons. The fourth-order valence-corrected chi connectivity index (χ4v) is 1.09. The summed E-state index contributed by atoms with van der Waals surface area (Å²) in [7, 11) is 1.30. The first-order valence-electron chi connectivity index (χ1n) is 4.79. The van der Waals surface area contributed by atoms with Crippen LogP contribution in [0.15, 0.2) is 18.2 Å².